The number of carbonyl (C=O) groups excluding carboxylic acids is 1. The van der Waals surface area contributed by atoms with Crippen molar-refractivity contribution in [2.75, 3.05) is 13.1 Å². The fourth-order valence-electron chi connectivity index (χ4n) is 2.18. The second-order valence-corrected chi connectivity index (χ2v) is 5.55. The summed E-state index contributed by atoms with van der Waals surface area (Å²) in [6, 6.07) is 4.29. The zero-order valence-corrected chi connectivity index (χ0v) is 10.4. The summed E-state index contributed by atoms with van der Waals surface area (Å²) in [6.45, 7) is 2.14. The molecule has 0 aliphatic heterocycles. The van der Waals surface area contributed by atoms with E-state index in [0.29, 0.717) is 5.78 Å². The number of hydrogen-bond acceptors (Lipinski definition) is 3. The average molecular weight is 237 g/mol. The van der Waals surface area contributed by atoms with Gasteiger partial charge >= 0.3 is 0 Å². The van der Waals surface area contributed by atoms with Crippen molar-refractivity contribution in [1.29, 1.82) is 0 Å². The topological polar surface area (TPSA) is 29.1 Å². The Bertz CT molecular complexity index is 311. The average Bonchev–Trinajstić information content (AvgIpc) is 2.80. The number of thiophene rings is 1. The summed E-state index contributed by atoms with van der Waals surface area (Å²) in [5, 5.41) is 5.63. The van der Waals surface area contributed by atoms with Crippen molar-refractivity contribution >= 4 is 17.1 Å². The molecule has 2 rings (SSSR count). The van der Waals surface area contributed by atoms with Crippen LogP contribution in [0.25, 0.3) is 0 Å². The molecule has 0 atom stereocenters. The third-order valence-corrected chi connectivity index (χ3v) is 4.16. The van der Waals surface area contributed by atoms with Gasteiger partial charge in [0, 0.05) is 17.7 Å². The molecule has 0 saturated heterocycles. The minimum absolute atomic E-state index is 0.454. The lowest BCUT2D eigenvalue weighted by molar-refractivity contribution is -0.120. The molecule has 0 bridgehead atoms. The normalized spacial score (nSPS) is 17.9. The molecule has 1 aromatic heterocycles. The van der Waals surface area contributed by atoms with E-state index >= 15 is 0 Å². The molecular weight excluding hydrogens is 218 g/mol. The van der Waals surface area contributed by atoms with E-state index in [1.54, 1.807) is 0 Å². The molecule has 1 aliphatic rings. The number of carbonyl (C=O) groups is 1. The van der Waals surface area contributed by atoms with Gasteiger partial charge in [-0.15, -0.1) is 11.3 Å². The molecule has 1 heterocycles. The number of ketones is 1. The number of Topliss-reactive ketones (excluding diaryl/α,β-unsaturated/α-hetero) is 1. The van der Waals surface area contributed by atoms with Gasteiger partial charge in [0.25, 0.3) is 0 Å². The van der Waals surface area contributed by atoms with Crippen LogP contribution in [-0.4, -0.2) is 18.9 Å². The van der Waals surface area contributed by atoms with E-state index in [2.05, 4.69) is 22.8 Å². The van der Waals surface area contributed by atoms with Crippen LogP contribution >= 0.6 is 11.3 Å². The third-order valence-electron chi connectivity index (χ3n) is 3.22. The van der Waals surface area contributed by atoms with E-state index in [0.717, 1.165) is 51.1 Å². The van der Waals surface area contributed by atoms with Gasteiger partial charge in [-0.1, -0.05) is 6.07 Å². The molecule has 1 aliphatic carbocycles. The van der Waals surface area contributed by atoms with Crippen LogP contribution in [0.1, 0.15) is 30.6 Å². The summed E-state index contributed by atoms with van der Waals surface area (Å²) in [5.41, 5.74) is 0. The van der Waals surface area contributed by atoms with Crippen molar-refractivity contribution in [3.8, 4) is 0 Å². The monoisotopic (exact) mass is 237 g/mol. The van der Waals surface area contributed by atoms with Crippen LogP contribution in [-0.2, 0) is 11.2 Å². The summed E-state index contributed by atoms with van der Waals surface area (Å²) < 4.78 is 0. The molecule has 2 nitrogen and oxygen atoms in total. The van der Waals surface area contributed by atoms with E-state index in [9.17, 15) is 4.79 Å². The van der Waals surface area contributed by atoms with Crippen molar-refractivity contribution in [3.63, 3.8) is 0 Å². The molecule has 88 valence electrons. The van der Waals surface area contributed by atoms with Gasteiger partial charge in [-0.3, -0.25) is 4.79 Å². The number of hydrogen-bond donors (Lipinski definition) is 1. The van der Waals surface area contributed by atoms with Gasteiger partial charge < -0.3 is 5.32 Å². The number of rotatable bonds is 5. The Kier molecular flexibility index (Phi) is 4.55. The first-order valence-electron chi connectivity index (χ1n) is 6.09. The highest BCUT2D eigenvalue weighted by molar-refractivity contribution is 7.09. The molecule has 1 aromatic rings. The summed E-state index contributed by atoms with van der Waals surface area (Å²) in [7, 11) is 0. The Labute approximate surface area is 101 Å². The molecule has 0 unspecified atom stereocenters. The van der Waals surface area contributed by atoms with Gasteiger partial charge in [0.15, 0.2) is 0 Å². The van der Waals surface area contributed by atoms with Gasteiger partial charge in [0.2, 0.25) is 0 Å². The van der Waals surface area contributed by atoms with Gasteiger partial charge in [-0.05, 0) is 49.7 Å². The van der Waals surface area contributed by atoms with Crippen LogP contribution in [0.15, 0.2) is 17.5 Å². The maximum Gasteiger partial charge on any atom is 0.132 e. The van der Waals surface area contributed by atoms with E-state index in [-0.39, 0.29) is 0 Å². The predicted octanol–water partition coefficient (Wildman–Crippen LogP) is 2.64. The first kappa shape index (κ1) is 11.8. The molecule has 0 radical (unpaired) electrons. The molecule has 0 spiro atoms. The maximum atomic E-state index is 11.1. The van der Waals surface area contributed by atoms with Crippen LogP contribution in [0.2, 0.25) is 0 Å². The zero-order chi connectivity index (χ0) is 11.2. The highest BCUT2D eigenvalue weighted by Gasteiger charge is 2.17. The second-order valence-electron chi connectivity index (χ2n) is 4.52. The molecule has 1 fully saturated rings. The predicted molar refractivity (Wildman–Crippen MR) is 67.9 cm³/mol. The summed E-state index contributed by atoms with van der Waals surface area (Å²) in [5.74, 6) is 1.18. The highest BCUT2D eigenvalue weighted by Crippen LogP contribution is 2.20. The summed E-state index contributed by atoms with van der Waals surface area (Å²) in [4.78, 5) is 12.5. The molecule has 0 amide bonds. The lowest BCUT2D eigenvalue weighted by Crippen LogP contribution is -2.27. The minimum atomic E-state index is 0.454. The lowest BCUT2D eigenvalue weighted by Gasteiger charge is -2.21. The van der Waals surface area contributed by atoms with Gasteiger partial charge in [0.1, 0.15) is 5.78 Å². The Balaban J connectivity index is 1.56. The summed E-state index contributed by atoms with van der Waals surface area (Å²) in [6.07, 6.45) is 4.91. The second kappa shape index (κ2) is 6.16. The standard InChI is InChI=1S/C13H19NOS/c15-12-5-3-11(4-6-12)10-14-8-7-13-2-1-9-16-13/h1-2,9,11,14H,3-8,10H2. The fourth-order valence-corrected chi connectivity index (χ4v) is 2.89. The van der Waals surface area contributed by atoms with Crippen LogP contribution < -0.4 is 5.32 Å². The Morgan fingerprint density at radius 2 is 2.19 bits per heavy atom. The Morgan fingerprint density at radius 3 is 2.88 bits per heavy atom. The largest absolute Gasteiger partial charge is 0.316 e. The van der Waals surface area contributed by atoms with E-state index in [1.165, 1.54) is 4.88 Å². The van der Waals surface area contributed by atoms with Crippen LogP contribution in [0.3, 0.4) is 0 Å². The van der Waals surface area contributed by atoms with Crippen molar-refractivity contribution in [2.45, 2.75) is 32.1 Å². The van der Waals surface area contributed by atoms with E-state index < -0.39 is 0 Å². The molecule has 3 heteroatoms. The quantitative estimate of drug-likeness (QED) is 0.798. The molecule has 1 N–H and O–H groups in total. The van der Waals surface area contributed by atoms with Crippen LogP contribution in [0.4, 0.5) is 0 Å². The Hall–Kier alpha value is -0.670. The van der Waals surface area contributed by atoms with Crippen molar-refractivity contribution in [2.24, 2.45) is 5.92 Å². The first-order chi connectivity index (χ1) is 7.84. The van der Waals surface area contributed by atoms with E-state index in [4.69, 9.17) is 0 Å². The molecule has 16 heavy (non-hydrogen) atoms. The minimum Gasteiger partial charge on any atom is -0.316 e. The van der Waals surface area contributed by atoms with Gasteiger partial charge in [-0.2, -0.15) is 0 Å². The van der Waals surface area contributed by atoms with E-state index in [1.807, 2.05) is 11.3 Å². The third kappa shape index (κ3) is 3.72. The highest BCUT2D eigenvalue weighted by atomic mass is 32.1. The molecule has 0 aromatic carbocycles. The fraction of sp³-hybridized carbons (Fsp3) is 0.615. The SMILES string of the molecule is O=C1CCC(CNCCc2cccs2)CC1. The summed E-state index contributed by atoms with van der Waals surface area (Å²) >= 11 is 1.82. The molecule has 1 saturated carbocycles. The zero-order valence-electron chi connectivity index (χ0n) is 9.58. The van der Waals surface area contributed by atoms with Crippen molar-refractivity contribution < 1.29 is 4.79 Å². The smallest absolute Gasteiger partial charge is 0.132 e. The molecular formula is C13H19NOS. The van der Waals surface area contributed by atoms with Crippen LogP contribution in [0, 0.1) is 5.92 Å². The Morgan fingerprint density at radius 1 is 1.38 bits per heavy atom. The van der Waals surface area contributed by atoms with Gasteiger partial charge in [0.05, 0.1) is 0 Å². The lowest BCUT2D eigenvalue weighted by atomic mass is 9.88. The van der Waals surface area contributed by atoms with Crippen molar-refractivity contribution in [1.82, 2.24) is 5.32 Å². The van der Waals surface area contributed by atoms with Crippen molar-refractivity contribution in [3.05, 3.63) is 22.4 Å². The van der Waals surface area contributed by atoms with Gasteiger partial charge in [-0.25, -0.2) is 0 Å². The first-order valence-corrected chi connectivity index (χ1v) is 6.97. The number of nitrogens with one attached hydrogen (secondary N) is 1. The maximum absolute atomic E-state index is 11.1. The van der Waals surface area contributed by atoms with Crippen LogP contribution in [0.5, 0.6) is 0 Å².